The summed E-state index contributed by atoms with van der Waals surface area (Å²) in [7, 11) is 0. The molecule has 3 nitrogen and oxygen atoms in total. The van der Waals surface area contributed by atoms with E-state index in [2.05, 4.69) is 17.9 Å². The molecule has 1 aromatic rings. The summed E-state index contributed by atoms with van der Waals surface area (Å²) in [5.74, 6) is -0.0715. The third-order valence-corrected chi connectivity index (χ3v) is 2.91. The van der Waals surface area contributed by atoms with Gasteiger partial charge in [-0.05, 0) is 25.0 Å². The number of aliphatic hydroxyl groups is 1. The summed E-state index contributed by atoms with van der Waals surface area (Å²) < 4.78 is 0. The molecular weight excluding hydrogens is 234 g/mol. The number of hydrogen-bond donors (Lipinski definition) is 3. The molecule has 4 heteroatoms. The lowest BCUT2D eigenvalue weighted by atomic mass is 10.2. The molecule has 0 unspecified atom stereocenters. The molecule has 0 bridgehead atoms. The van der Waals surface area contributed by atoms with Crippen LogP contribution < -0.4 is 5.32 Å². The molecule has 94 valence electrons. The molecular formula is C13H19NO2S. The zero-order valence-corrected chi connectivity index (χ0v) is 10.7. The van der Waals surface area contributed by atoms with Crippen molar-refractivity contribution in [2.24, 2.45) is 0 Å². The van der Waals surface area contributed by atoms with Crippen LogP contribution in [0.25, 0.3) is 0 Å². The number of nitrogens with one attached hydrogen (secondary N) is 1. The van der Waals surface area contributed by atoms with E-state index in [0.717, 1.165) is 25.7 Å². The summed E-state index contributed by atoms with van der Waals surface area (Å²) in [6, 6.07) is 7.26. The Morgan fingerprint density at radius 3 is 2.59 bits per heavy atom. The minimum absolute atomic E-state index is 0.0715. The van der Waals surface area contributed by atoms with Gasteiger partial charge in [0, 0.05) is 18.0 Å². The summed E-state index contributed by atoms with van der Waals surface area (Å²) in [5, 5.41) is 11.5. The number of rotatable bonds is 7. The van der Waals surface area contributed by atoms with Crippen LogP contribution in [0.3, 0.4) is 0 Å². The second-order valence-electron chi connectivity index (χ2n) is 3.91. The van der Waals surface area contributed by atoms with Crippen molar-refractivity contribution in [2.45, 2.75) is 30.6 Å². The Labute approximate surface area is 108 Å². The fourth-order valence-corrected chi connectivity index (χ4v) is 1.82. The summed E-state index contributed by atoms with van der Waals surface area (Å²) >= 11 is 4.24. The highest BCUT2D eigenvalue weighted by Crippen LogP contribution is 2.12. The van der Waals surface area contributed by atoms with Crippen molar-refractivity contribution in [3.63, 3.8) is 0 Å². The molecule has 0 spiro atoms. The topological polar surface area (TPSA) is 49.3 Å². The first kappa shape index (κ1) is 14.1. The van der Waals surface area contributed by atoms with Crippen LogP contribution in [0.4, 0.5) is 0 Å². The maximum absolute atomic E-state index is 11.8. The maximum Gasteiger partial charge on any atom is 0.252 e. The van der Waals surface area contributed by atoms with Crippen molar-refractivity contribution in [3.8, 4) is 0 Å². The Morgan fingerprint density at radius 1 is 1.18 bits per heavy atom. The summed E-state index contributed by atoms with van der Waals surface area (Å²) in [5.41, 5.74) is 0.617. The molecule has 17 heavy (non-hydrogen) atoms. The molecule has 0 heterocycles. The second-order valence-corrected chi connectivity index (χ2v) is 4.39. The van der Waals surface area contributed by atoms with Gasteiger partial charge in [-0.2, -0.15) is 0 Å². The van der Waals surface area contributed by atoms with E-state index in [1.54, 1.807) is 12.1 Å². The van der Waals surface area contributed by atoms with Gasteiger partial charge in [0.2, 0.25) is 0 Å². The van der Waals surface area contributed by atoms with E-state index < -0.39 is 0 Å². The van der Waals surface area contributed by atoms with Crippen LogP contribution >= 0.6 is 12.6 Å². The van der Waals surface area contributed by atoms with Gasteiger partial charge < -0.3 is 10.4 Å². The number of carbonyl (C=O) groups is 1. The predicted molar refractivity (Wildman–Crippen MR) is 71.6 cm³/mol. The van der Waals surface area contributed by atoms with Crippen molar-refractivity contribution < 1.29 is 9.90 Å². The molecule has 2 N–H and O–H groups in total. The lowest BCUT2D eigenvalue weighted by Crippen LogP contribution is -2.24. The molecule has 0 aromatic heterocycles. The van der Waals surface area contributed by atoms with E-state index in [4.69, 9.17) is 5.11 Å². The van der Waals surface area contributed by atoms with Gasteiger partial charge >= 0.3 is 0 Å². The summed E-state index contributed by atoms with van der Waals surface area (Å²) in [4.78, 5) is 12.5. The number of amides is 1. The van der Waals surface area contributed by atoms with E-state index in [0.29, 0.717) is 17.0 Å². The molecule has 0 radical (unpaired) electrons. The highest BCUT2D eigenvalue weighted by atomic mass is 32.1. The SMILES string of the molecule is O=C(NCCCCCCO)c1ccccc1S. The minimum atomic E-state index is -0.0715. The number of unbranched alkanes of at least 4 members (excludes halogenated alkanes) is 3. The molecule has 1 rings (SSSR count). The van der Waals surface area contributed by atoms with Gasteiger partial charge in [0.1, 0.15) is 0 Å². The van der Waals surface area contributed by atoms with Gasteiger partial charge in [-0.25, -0.2) is 0 Å². The summed E-state index contributed by atoms with van der Waals surface area (Å²) in [6.07, 6.45) is 3.83. The van der Waals surface area contributed by atoms with Crippen LogP contribution in [-0.2, 0) is 0 Å². The highest BCUT2D eigenvalue weighted by Gasteiger charge is 2.07. The first-order valence-corrected chi connectivity index (χ1v) is 6.37. The van der Waals surface area contributed by atoms with Gasteiger partial charge in [-0.1, -0.05) is 25.0 Å². The predicted octanol–water partition coefficient (Wildman–Crippen LogP) is 2.26. The van der Waals surface area contributed by atoms with E-state index in [9.17, 15) is 4.79 Å². The molecule has 0 saturated carbocycles. The number of carbonyl (C=O) groups excluding carboxylic acids is 1. The zero-order chi connectivity index (χ0) is 12.5. The van der Waals surface area contributed by atoms with Crippen molar-refractivity contribution in [3.05, 3.63) is 29.8 Å². The third kappa shape index (κ3) is 5.24. The number of hydrogen-bond acceptors (Lipinski definition) is 3. The quantitative estimate of drug-likeness (QED) is 0.515. The van der Waals surface area contributed by atoms with Crippen LogP contribution in [0.1, 0.15) is 36.0 Å². The average Bonchev–Trinajstić information content (AvgIpc) is 2.34. The Bertz CT molecular complexity index is 355. The smallest absolute Gasteiger partial charge is 0.252 e. The Morgan fingerprint density at radius 2 is 1.88 bits per heavy atom. The van der Waals surface area contributed by atoms with Gasteiger partial charge in [-0.3, -0.25) is 4.79 Å². The Balaban J connectivity index is 2.24. The molecule has 0 aliphatic heterocycles. The largest absolute Gasteiger partial charge is 0.396 e. The third-order valence-electron chi connectivity index (χ3n) is 2.52. The van der Waals surface area contributed by atoms with Crippen LogP contribution in [-0.4, -0.2) is 24.2 Å². The molecule has 0 saturated heterocycles. The number of aliphatic hydroxyl groups excluding tert-OH is 1. The van der Waals surface area contributed by atoms with E-state index in [-0.39, 0.29) is 12.5 Å². The van der Waals surface area contributed by atoms with Crippen LogP contribution in [0.2, 0.25) is 0 Å². The molecule has 0 fully saturated rings. The number of thiol groups is 1. The molecule has 1 amide bonds. The van der Waals surface area contributed by atoms with Gasteiger partial charge in [0.05, 0.1) is 5.56 Å². The fourth-order valence-electron chi connectivity index (χ4n) is 1.55. The first-order valence-electron chi connectivity index (χ1n) is 5.92. The minimum Gasteiger partial charge on any atom is -0.396 e. The molecule has 1 aromatic carbocycles. The fraction of sp³-hybridized carbons (Fsp3) is 0.462. The highest BCUT2D eigenvalue weighted by molar-refractivity contribution is 7.80. The molecule has 0 aliphatic carbocycles. The second kappa shape index (κ2) is 8.14. The van der Waals surface area contributed by atoms with Crippen LogP contribution in [0.15, 0.2) is 29.2 Å². The van der Waals surface area contributed by atoms with E-state index in [1.165, 1.54) is 0 Å². The maximum atomic E-state index is 11.8. The van der Waals surface area contributed by atoms with E-state index >= 15 is 0 Å². The van der Waals surface area contributed by atoms with Crippen LogP contribution in [0, 0.1) is 0 Å². The van der Waals surface area contributed by atoms with Crippen molar-refractivity contribution in [1.82, 2.24) is 5.32 Å². The van der Waals surface area contributed by atoms with E-state index in [1.807, 2.05) is 12.1 Å². The van der Waals surface area contributed by atoms with Gasteiger partial charge in [0.15, 0.2) is 0 Å². The van der Waals surface area contributed by atoms with Crippen LogP contribution in [0.5, 0.6) is 0 Å². The standard InChI is InChI=1S/C13H19NO2S/c15-10-6-2-1-5-9-14-13(16)11-7-3-4-8-12(11)17/h3-4,7-8,15,17H,1-2,5-6,9-10H2,(H,14,16). The zero-order valence-electron chi connectivity index (χ0n) is 9.85. The Hall–Kier alpha value is -1.00. The van der Waals surface area contributed by atoms with Crippen molar-refractivity contribution in [1.29, 1.82) is 0 Å². The molecule has 0 atom stereocenters. The summed E-state index contributed by atoms with van der Waals surface area (Å²) in [6.45, 7) is 0.922. The monoisotopic (exact) mass is 253 g/mol. The Kier molecular flexibility index (Phi) is 6.74. The van der Waals surface area contributed by atoms with Gasteiger partial charge in [-0.15, -0.1) is 12.6 Å². The van der Waals surface area contributed by atoms with Crippen molar-refractivity contribution in [2.75, 3.05) is 13.2 Å². The lowest BCUT2D eigenvalue weighted by molar-refractivity contribution is 0.0950. The average molecular weight is 253 g/mol. The molecule has 0 aliphatic rings. The first-order chi connectivity index (χ1) is 8.25. The lowest BCUT2D eigenvalue weighted by Gasteiger charge is -2.06. The van der Waals surface area contributed by atoms with Crippen molar-refractivity contribution >= 4 is 18.5 Å². The number of benzene rings is 1. The van der Waals surface area contributed by atoms with Gasteiger partial charge in [0.25, 0.3) is 5.91 Å². The normalized spacial score (nSPS) is 10.2.